The second-order valence-electron chi connectivity index (χ2n) is 7.89. The minimum Gasteiger partial charge on any atom is -0.450 e. The summed E-state index contributed by atoms with van der Waals surface area (Å²) in [6.45, 7) is 2.98. The zero-order valence-electron chi connectivity index (χ0n) is 17.9. The fourth-order valence-electron chi connectivity index (χ4n) is 3.86. The lowest BCUT2D eigenvalue weighted by molar-refractivity contribution is -0.136. The van der Waals surface area contributed by atoms with Crippen LogP contribution in [0.15, 0.2) is 30.6 Å². The van der Waals surface area contributed by atoms with Crippen molar-refractivity contribution in [2.45, 2.75) is 25.4 Å². The number of carbonyl (C=O) groups excluding carboxylic acids is 1. The molecule has 4 rings (SSSR count). The summed E-state index contributed by atoms with van der Waals surface area (Å²) in [6, 6.07) is 2.08. The van der Waals surface area contributed by atoms with Gasteiger partial charge in [0.25, 0.3) is 0 Å². The van der Waals surface area contributed by atoms with Gasteiger partial charge in [-0.15, -0.1) is 0 Å². The number of fused-ring (bicyclic) bond motifs is 1. The molecule has 0 atom stereocenters. The average Bonchev–Trinajstić information content (AvgIpc) is 3.23. The first-order chi connectivity index (χ1) is 16.2. The SMILES string of the molecule is O=C(NCCN1CCCCC1)Nc1cc(F)c(Oc2ccnc3[nH]cc(C(F)(F)F)c23)c(F)c1.[HH]. The van der Waals surface area contributed by atoms with E-state index in [-0.39, 0.29) is 12.8 Å². The van der Waals surface area contributed by atoms with Crippen LogP contribution in [-0.2, 0) is 6.18 Å². The van der Waals surface area contributed by atoms with Gasteiger partial charge in [-0.2, -0.15) is 13.2 Å². The molecule has 0 spiro atoms. The lowest BCUT2D eigenvalue weighted by atomic mass is 10.1. The van der Waals surface area contributed by atoms with E-state index in [1.807, 2.05) is 0 Å². The zero-order valence-corrected chi connectivity index (χ0v) is 17.9. The molecular formula is C22H24F5N5O2. The van der Waals surface area contributed by atoms with Gasteiger partial charge in [-0.1, -0.05) is 6.42 Å². The molecule has 0 radical (unpaired) electrons. The molecule has 1 aromatic carbocycles. The van der Waals surface area contributed by atoms with Crippen LogP contribution in [0.5, 0.6) is 11.5 Å². The first-order valence-corrected chi connectivity index (χ1v) is 10.7. The minimum atomic E-state index is -4.73. The highest BCUT2D eigenvalue weighted by atomic mass is 19.4. The average molecular weight is 485 g/mol. The topological polar surface area (TPSA) is 82.3 Å². The van der Waals surface area contributed by atoms with Crippen molar-refractivity contribution in [1.29, 1.82) is 0 Å². The van der Waals surface area contributed by atoms with Crippen molar-refractivity contribution in [2.24, 2.45) is 0 Å². The van der Waals surface area contributed by atoms with E-state index in [0.29, 0.717) is 19.3 Å². The van der Waals surface area contributed by atoms with Gasteiger partial charge >= 0.3 is 12.2 Å². The van der Waals surface area contributed by atoms with E-state index in [2.05, 4.69) is 25.5 Å². The molecule has 0 bridgehead atoms. The van der Waals surface area contributed by atoms with Gasteiger partial charge in [-0.05, 0) is 32.0 Å². The minimum absolute atomic E-state index is 0. The number of urea groups is 1. The monoisotopic (exact) mass is 485 g/mol. The molecule has 1 saturated heterocycles. The summed E-state index contributed by atoms with van der Waals surface area (Å²) in [5, 5.41) is 4.51. The number of nitrogens with one attached hydrogen (secondary N) is 3. The Morgan fingerprint density at radius 2 is 1.88 bits per heavy atom. The van der Waals surface area contributed by atoms with Crippen LogP contribution in [0.4, 0.5) is 32.4 Å². The number of hydrogen-bond donors (Lipinski definition) is 3. The molecule has 7 nitrogen and oxygen atoms in total. The van der Waals surface area contributed by atoms with Crippen LogP contribution in [-0.4, -0.2) is 47.1 Å². The van der Waals surface area contributed by atoms with E-state index >= 15 is 0 Å². The Morgan fingerprint density at radius 1 is 1.18 bits per heavy atom. The zero-order chi connectivity index (χ0) is 24.3. The Kier molecular flexibility index (Phi) is 6.87. The molecule has 0 saturated carbocycles. The Balaban J connectivity index is 0.00000342. The Morgan fingerprint density at radius 3 is 2.56 bits per heavy atom. The van der Waals surface area contributed by atoms with Crippen LogP contribution in [0.3, 0.4) is 0 Å². The standard InChI is InChI=1S/C22H22F5N5O2.H2/c23-15-10-13(31-21(33)29-6-9-32-7-2-1-3-8-32)11-16(24)19(15)34-17-4-5-28-20-18(17)14(12-30-20)22(25,26)27;/h4-5,10-12H,1-3,6-9H2,(H,28,30)(H2,29,31,33);1H. The van der Waals surface area contributed by atoms with Gasteiger partial charge in [0, 0.05) is 44.7 Å². The third-order valence-electron chi connectivity index (χ3n) is 5.47. The summed E-state index contributed by atoms with van der Waals surface area (Å²) < 4.78 is 74.3. The predicted molar refractivity (Wildman–Crippen MR) is 117 cm³/mol. The maximum atomic E-state index is 14.6. The van der Waals surface area contributed by atoms with Crippen LogP contribution < -0.4 is 15.4 Å². The summed E-state index contributed by atoms with van der Waals surface area (Å²) in [5.74, 6) is -3.72. The fourth-order valence-corrected chi connectivity index (χ4v) is 3.86. The number of aromatic nitrogens is 2. The second-order valence-corrected chi connectivity index (χ2v) is 7.89. The molecule has 1 aliphatic rings. The Hall–Kier alpha value is -3.41. The number of pyridine rings is 1. The molecular weight excluding hydrogens is 461 g/mol. The molecule has 2 aromatic heterocycles. The lowest BCUT2D eigenvalue weighted by Gasteiger charge is -2.26. The van der Waals surface area contributed by atoms with Crippen molar-refractivity contribution in [1.82, 2.24) is 20.2 Å². The van der Waals surface area contributed by atoms with E-state index < -0.39 is 46.3 Å². The number of H-pyrrole nitrogens is 1. The number of nitrogens with zero attached hydrogens (tertiary/aromatic N) is 2. The summed E-state index contributed by atoms with van der Waals surface area (Å²) in [6.07, 6.45) is 0.549. The van der Waals surface area contributed by atoms with Crippen LogP contribution in [0.2, 0.25) is 0 Å². The summed E-state index contributed by atoms with van der Waals surface area (Å²) in [5.41, 5.74) is -1.40. The maximum absolute atomic E-state index is 14.6. The number of likely N-dealkylation sites (tertiary alicyclic amines) is 1. The molecule has 34 heavy (non-hydrogen) atoms. The second kappa shape index (κ2) is 9.84. The number of carbonyl (C=O) groups is 1. The van der Waals surface area contributed by atoms with Crippen molar-refractivity contribution < 1.29 is 32.9 Å². The third kappa shape index (κ3) is 5.38. The molecule has 3 N–H and O–H groups in total. The number of aromatic amines is 1. The number of piperidine rings is 1. The normalized spacial score (nSPS) is 14.9. The third-order valence-corrected chi connectivity index (χ3v) is 5.47. The lowest BCUT2D eigenvalue weighted by Crippen LogP contribution is -2.39. The van der Waals surface area contributed by atoms with Crippen molar-refractivity contribution in [2.75, 3.05) is 31.5 Å². The molecule has 2 amide bonds. The van der Waals surface area contributed by atoms with Gasteiger partial charge in [0.2, 0.25) is 0 Å². The van der Waals surface area contributed by atoms with Crippen LogP contribution in [0.1, 0.15) is 26.3 Å². The van der Waals surface area contributed by atoms with Gasteiger partial charge in [-0.3, -0.25) is 0 Å². The van der Waals surface area contributed by atoms with Gasteiger partial charge in [0.15, 0.2) is 17.4 Å². The van der Waals surface area contributed by atoms with Gasteiger partial charge in [0.1, 0.15) is 11.4 Å². The van der Waals surface area contributed by atoms with Crippen LogP contribution in [0.25, 0.3) is 11.0 Å². The first-order valence-electron chi connectivity index (χ1n) is 10.7. The van der Waals surface area contributed by atoms with Crippen molar-refractivity contribution in [3.05, 3.63) is 47.8 Å². The van der Waals surface area contributed by atoms with E-state index in [4.69, 9.17) is 4.74 Å². The molecule has 1 fully saturated rings. The molecule has 1 aliphatic heterocycles. The number of benzene rings is 1. The number of hydrogen-bond acceptors (Lipinski definition) is 4. The summed E-state index contributed by atoms with van der Waals surface area (Å²) >= 11 is 0. The van der Waals surface area contributed by atoms with Gasteiger partial charge in [0.05, 0.1) is 10.9 Å². The van der Waals surface area contributed by atoms with Crippen molar-refractivity contribution in [3.63, 3.8) is 0 Å². The molecule has 3 heterocycles. The molecule has 0 aliphatic carbocycles. The Bertz CT molecular complexity index is 1160. The molecule has 3 aromatic rings. The van der Waals surface area contributed by atoms with Crippen molar-refractivity contribution in [3.8, 4) is 11.5 Å². The van der Waals surface area contributed by atoms with E-state index in [9.17, 15) is 26.7 Å². The number of ether oxygens (including phenoxy) is 1. The molecule has 12 heteroatoms. The predicted octanol–water partition coefficient (Wildman–Crippen LogP) is 5.51. The van der Waals surface area contributed by atoms with Gasteiger partial charge < -0.3 is 25.3 Å². The number of anilines is 1. The number of halogens is 5. The van der Waals surface area contributed by atoms with Crippen molar-refractivity contribution >= 4 is 22.8 Å². The van der Waals surface area contributed by atoms with E-state index in [1.165, 1.54) is 6.42 Å². The highest BCUT2D eigenvalue weighted by Crippen LogP contribution is 2.40. The van der Waals surface area contributed by atoms with Crippen LogP contribution >= 0.6 is 0 Å². The highest BCUT2D eigenvalue weighted by Gasteiger charge is 2.35. The molecule has 0 unspecified atom stereocenters. The maximum Gasteiger partial charge on any atom is 0.418 e. The number of alkyl halides is 3. The first kappa shape index (κ1) is 23.7. The smallest absolute Gasteiger partial charge is 0.418 e. The summed E-state index contributed by atoms with van der Waals surface area (Å²) in [4.78, 5) is 20.4. The van der Waals surface area contributed by atoms with E-state index in [1.54, 1.807) is 0 Å². The number of amides is 2. The van der Waals surface area contributed by atoms with Crippen LogP contribution in [0, 0.1) is 11.6 Å². The summed E-state index contributed by atoms with van der Waals surface area (Å²) in [7, 11) is 0. The van der Waals surface area contributed by atoms with Gasteiger partial charge in [-0.25, -0.2) is 18.6 Å². The van der Waals surface area contributed by atoms with E-state index in [0.717, 1.165) is 50.3 Å². The molecule has 184 valence electrons. The highest BCUT2D eigenvalue weighted by molar-refractivity contribution is 5.89. The number of rotatable bonds is 6. The Labute approximate surface area is 192 Å². The largest absolute Gasteiger partial charge is 0.450 e. The fraction of sp³-hybridized carbons (Fsp3) is 0.364. The quantitative estimate of drug-likeness (QED) is 0.403.